The summed E-state index contributed by atoms with van der Waals surface area (Å²) in [5.41, 5.74) is 4.38. The Morgan fingerprint density at radius 2 is 1.96 bits per heavy atom. The molecule has 2 atom stereocenters. The Morgan fingerprint density at radius 3 is 2.61 bits per heavy atom. The molecule has 1 aromatic carbocycles. The van der Waals surface area contributed by atoms with E-state index in [0.29, 0.717) is 5.92 Å². The average molecular weight is 429 g/mol. The second-order valence-electron chi connectivity index (χ2n) is 6.03. The zero-order valence-corrected chi connectivity index (χ0v) is 17.3. The molecular weight excluding hydrogens is 406 g/mol. The maximum absolute atomic E-state index is 9.26. The van der Waals surface area contributed by atoms with Crippen LogP contribution < -0.4 is 24.8 Å². The molecule has 0 spiro atoms. The Kier molecular flexibility index (Phi) is 9.93. The SMILES string of the molecule is CC(CCCO)(C1=CC=CC1)C1C=Cc2ccccc21.[Cl-].[Cl-].[Zr+2]. The predicted octanol–water partition coefficient (Wildman–Crippen LogP) is -1.53. The van der Waals surface area contributed by atoms with Crippen LogP contribution in [-0.4, -0.2) is 11.7 Å². The van der Waals surface area contributed by atoms with Crippen LogP contribution in [0.25, 0.3) is 6.08 Å². The first-order valence-corrected chi connectivity index (χ1v) is 7.50. The van der Waals surface area contributed by atoms with Crippen molar-refractivity contribution in [2.75, 3.05) is 6.61 Å². The third kappa shape index (κ3) is 4.48. The van der Waals surface area contributed by atoms with Crippen molar-refractivity contribution in [1.82, 2.24) is 0 Å². The molecule has 0 aromatic heterocycles. The van der Waals surface area contributed by atoms with E-state index in [1.807, 2.05) is 0 Å². The number of rotatable bonds is 5. The van der Waals surface area contributed by atoms with Crippen molar-refractivity contribution < 1.29 is 56.1 Å². The van der Waals surface area contributed by atoms with E-state index in [4.69, 9.17) is 0 Å². The molecule has 0 saturated carbocycles. The van der Waals surface area contributed by atoms with Gasteiger partial charge in [0.15, 0.2) is 0 Å². The van der Waals surface area contributed by atoms with E-state index < -0.39 is 0 Å². The summed E-state index contributed by atoms with van der Waals surface area (Å²) in [6, 6.07) is 8.68. The van der Waals surface area contributed by atoms with Gasteiger partial charge >= 0.3 is 26.2 Å². The van der Waals surface area contributed by atoms with Gasteiger partial charge in [-0.25, -0.2) is 0 Å². The van der Waals surface area contributed by atoms with Crippen LogP contribution in [0.15, 0.2) is 54.1 Å². The standard InChI is InChI=1S/C19H22O.2ClH.Zr/c1-19(13-6-14-20,16-8-3-4-9-16)18-12-11-15-7-2-5-10-17(15)18;;;/h2-5,7-8,10-12,18,20H,6,9,13-14H2,1H3;2*1H;/q;;;+2/p-2. The maximum atomic E-state index is 9.26. The largest absolute Gasteiger partial charge is 2.00 e. The fourth-order valence-electron chi connectivity index (χ4n) is 3.64. The van der Waals surface area contributed by atoms with Gasteiger partial charge in [-0.05, 0) is 35.8 Å². The number of aliphatic hydroxyl groups is 1. The smallest absolute Gasteiger partial charge is 1.00 e. The van der Waals surface area contributed by atoms with Crippen LogP contribution in [0.3, 0.4) is 0 Å². The molecule has 3 rings (SSSR count). The molecule has 2 unspecified atom stereocenters. The minimum absolute atomic E-state index is 0. The van der Waals surface area contributed by atoms with E-state index in [9.17, 15) is 5.11 Å². The van der Waals surface area contributed by atoms with Crippen LogP contribution in [0.2, 0.25) is 0 Å². The Balaban J connectivity index is 0.00000161. The van der Waals surface area contributed by atoms with Gasteiger partial charge in [0.05, 0.1) is 0 Å². The second-order valence-corrected chi connectivity index (χ2v) is 6.03. The average Bonchev–Trinajstić information content (AvgIpc) is 3.14. The quantitative estimate of drug-likeness (QED) is 0.604. The predicted molar refractivity (Wildman–Crippen MR) is 84.5 cm³/mol. The van der Waals surface area contributed by atoms with E-state index in [-0.39, 0.29) is 63.0 Å². The van der Waals surface area contributed by atoms with Gasteiger partial charge in [-0.15, -0.1) is 0 Å². The Morgan fingerprint density at radius 1 is 1.22 bits per heavy atom. The van der Waals surface area contributed by atoms with Gasteiger partial charge in [0, 0.05) is 12.5 Å². The summed E-state index contributed by atoms with van der Waals surface area (Å²) in [5.74, 6) is 0.427. The number of halogens is 2. The van der Waals surface area contributed by atoms with Crippen LogP contribution in [-0.2, 0) is 26.2 Å². The molecular formula is C19H22Cl2OZr. The third-order valence-corrected chi connectivity index (χ3v) is 4.84. The van der Waals surface area contributed by atoms with Gasteiger partial charge < -0.3 is 29.9 Å². The van der Waals surface area contributed by atoms with Crippen LogP contribution in [0, 0.1) is 5.41 Å². The monoisotopic (exact) mass is 426 g/mol. The fourth-order valence-corrected chi connectivity index (χ4v) is 3.64. The molecule has 0 radical (unpaired) electrons. The summed E-state index contributed by atoms with van der Waals surface area (Å²) in [6.07, 6.45) is 14.2. The van der Waals surface area contributed by atoms with E-state index >= 15 is 0 Å². The molecule has 0 fully saturated rings. The van der Waals surface area contributed by atoms with E-state index in [1.54, 1.807) is 0 Å². The van der Waals surface area contributed by atoms with Crippen molar-refractivity contribution >= 4 is 6.08 Å². The van der Waals surface area contributed by atoms with Crippen molar-refractivity contribution in [2.45, 2.75) is 32.1 Å². The fraction of sp³-hybridized carbons (Fsp3) is 0.368. The van der Waals surface area contributed by atoms with Crippen LogP contribution >= 0.6 is 0 Å². The molecule has 4 heteroatoms. The van der Waals surface area contributed by atoms with Gasteiger partial charge in [-0.3, -0.25) is 0 Å². The first kappa shape index (κ1) is 22.9. The van der Waals surface area contributed by atoms with Gasteiger partial charge in [-0.2, -0.15) is 0 Å². The second kappa shape index (κ2) is 9.99. The number of hydrogen-bond donors (Lipinski definition) is 1. The van der Waals surface area contributed by atoms with Crippen molar-refractivity contribution in [3.63, 3.8) is 0 Å². The molecule has 2 aliphatic carbocycles. The molecule has 0 amide bonds. The number of benzene rings is 1. The molecule has 0 aliphatic heterocycles. The summed E-state index contributed by atoms with van der Waals surface area (Å²) in [4.78, 5) is 0. The molecule has 23 heavy (non-hydrogen) atoms. The number of fused-ring (bicyclic) bond motifs is 1. The molecule has 1 nitrogen and oxygen atoms in total. The van der Waals surface area contributed by atoms with Gasteiger partial charge in [-0.1, -0.05) is 67.1 Å². The Bertz CT molecular complexity index is 595. The Hall–Kier alpha value is -0.137. The molecule has 0 heterocycles. The maximum Gasteiger partial charge on any atom is 2.00 e. The van der Waals surface area contributed by atoms with Gasteiger partial charge in [0.25, 0.3) is 0 Å². The van der Waals surface area contributed by atoms with Crippen LogP contribution in [0.1, 0.15) is 43.2 Å². The van der Waals surface area contributed by atoms with Crippen molar-refractivity contribution in [3.05, 3.63) is 65.3 Å². The summed E-state index contributed by atoms with van der Waals surface area (Å²) in [5, 5.41) is 9.26. The van der Waals surface area contributed by atoms with Crippen LogP contribution in [0.4, 0.5) is 0 Å². The van der Waals surface area contributed by atoms with E-state index in [1.165, 1.54) is 16.7 Å². The van der Waals surface area contributed by atoms with Crippen molar-refractivity contribution in [2.24, 2.45) is 5.41 Å². The van der Waals surface area contributed by atoms with E-state index in [2.05, 4.69) is 61.6 Å². The zero-order valence-electron chi connectivity index (χ0n) is 13.3. The minimum atomic E-state index is 0. The molecule has 1 N–H and O–H groups in total. The topological polar surface area (TPSA) is 20.2 Å². The summed E-state index contributed by atoms with van der Waals surface area (Å²) < 4.78 is 0. The van der Waals surface area contributed by atoms with Crippen molar-refractivity contribution in [1.29, 1.82) is 0 Å². The molecule has 0 bridgehead atoms. The van der Waals surface area contributed by atoms with Crippen LogP contribution in [0.5, 0.6) is 0 Å². The first-order valence-electron chi connectivity index (χ1n) is 7.50. The summed E-state index contributed by atoms with van der Waals surface area (Å²) in [7, 11) is 0. The zero-order chi connectivity index (χ0) is 14.0. The minimum Gasteiger partial charge on any atom is -1.00 e. The first-order chi connectivity index (χ1) is 9.75. The van der Waals surface area contributed by atoms with Gasteiger partial charge in [0.2, 0.25) is 0 Å². The number of hydrogen-bond acceptors (Lipinski definition) is 1. The third-order valence-electron chi connectivity index (χ3n) is 4.84. The number of allylic oxidation sites excluding steroid dienone is 5. The molecule has 0 saturated heterocycles. The molecule has 122 valence electrons. The molecule has 2 aliphatic rings. The van der Waals surface area contributed by atoms with E-state index in [0.717, 1.165) is 19.3 Å². The van der Waals surface area contributed by atoms with Crippen molar-refractivity contribution in [3.8, 4) is 0 Å². The Labute approximate surface area is 170 Å². The number of aliphatic hydroxyl groups excluding tert-OH is 1. The normalized spacial score (nSPS) is 19.7. The molecule has 1 aromatic rings. The summed E-state index contributed by atoms with van der Waals surface area (Å²) >= 11 is 0. The summed E-state index contributed by atoms with van der Waals surface area (Å²) in [6.45, 7) is 2.63. The van der Waals surface area contributed by atoms with Gasteiger partial charge in [0.1, 0.15) is 0 Å².